The first kappa shape index (κ1) is 28.9. The SMILES string of the molecule is c1ccc2c(c1)Sc1ccccc1N2c1cc(-c2ncncn2)c2cc(N3c4ccccc4Sc4ccccc43)cc(-c3ncncn3)c2c1. The maximum atomic E-state index is 4.69. The molecular formula is C40H24N8S2. The van der Waals surface area contributed by atoms with Crippen LogP contribution < -0.4 is 9.80 Å². The fourth-order valence-corrected chi connectivity index (χ4v) is 8.90. The number of hydrogen-bond donors (Lipinski definition) is 0. The van der Waals surface area contributed by atoms with Gasteiger partial charge in [0.2, 0.25) is 0 Å². The predicted octanol–water partition coefficient (Wildman–Crippen LogP) is 10.4. The van der Waals surface area contributed by atoms with Crippen molar-refractivity contribution in [1.82, 2.24) is 29.9 Å². The van der Waals surface area contributed by atoms with Gasteiger partial charge in [0.25, 0.3) is 0 Å². The Morgan fingerprint density at radius 1 is 0.380 bits per heavy atom. The van der Waals surface area contributed by atoms with E-state index in [9.17, 15) is 0 Å². The summed E-state index contributed by atoms with van der Waals surface area (Å²) >= 11 is 3.57. The van der Waals surface area contributed by atoms with Crippen molar-refractivity contribution < 1.29 is 0 Å². The number of hydrogen-bond acceptors (Lipinski definition) is 10. The molecule has 4 heterocycles. The lowest BCUT2D eigenvalue weighted by Gasteiger charge is -2.34. The fraction of sp³-hybridized carbons (Fsp3) is 0. The third kappa shape index (κ3) is 4.72. The topological polar surface area (TPSA) is 83.8 Å². The molecule has 2 aliphatic heterocycles. The van der Waals surface area contributed by atoms with E-state index in [0.29, 0.717) is 11.6 Å². The van der Waals surface area contributed by atoms with Crippen molar-refractivity contribution in [2.45, 2.75) is 19.6 Å². The van der Waals surface area contributed by atoms with E-state index in [1.807, 2.05) is 0 Å². The number of rotatable bonds is 4. The van der Waals surface area contributed by atoms with E-state index < -0.39 is 0 Å². The van der Waals surface area contributed by atoms with E-state index >= 15 is 0 Å². The van der Waals surface area contributed by atoms with Crippen LogP contribution in [0.15, 0.2) is 166 Å². The maximum absolute atomic E-state index is 4.69. The maximum Gasteiger partial charge on any atom is 0.163 e. The van der Waals surface area contributed by atoms with Crippen LogP contribution in [0.25, 0.3) is 33.5 Å². The lowest BCUT2D eigenvalue weighted by Crippen LogP contribution is -2.16. The standard InChI is InChI=1S/C40H24N8S2/c1-5-13-35-31(9-1)47(32-10-2-6-14-36(32)49-35)25-17-27-28(29(19-25)39-43-21-41-22-44-39)18-26(20-30(27)40-45-23-42-24-46-40)48-33-11-3-7-15-37(33)50-38-16-8-4-12-34(38)48/h1-24H. The van der Waals surface area contributed by atoms with E-state index in [-0.39, 0.29) is 0 Å². The summed E-state index contributed by atoms with van der Waals surface area (Å²) in [5.74, 6) is 1.15. The minimum absolute atomic E-state index is 0.577. The molecule has 0 unspecified atom stereocenters. The van der Waals surface area contributed by atoms with Crippen LogP contribution in [0.2, 0.25) is 0 Å². The summed E-state index contributed by atoms with van der Waals surface area (Å²) in [4.78, 5) is 36.4. The van der Waals surface area contributed by atoms with Crippen LogP contribution in [0.1, 0.15) is 0 Å². The highest BCUT2D eigenvalue weighted by Crippen LogP contribution is 2.55. The molecule has 0 aliphatic carbocycles. The van der Waals surface area contributed by atoms with Crippen LogP contribution in [0.5, 0.6) is 0 Å². The van der Waals surface area contributed by atoms with Gasteiger partial charge in [-0.25, -0.2) is 29.9 Å². The van der Waals surface area contributed by atoms with Crippen LogP contribution >= 0.6 is 23.5 Å². The second kappa shape index (κ2) is 11.8. The van der Waals surface area contributed by atoms with Gasteiger partial charge in [-0.2, -0.15) is 0 Å². The van der Waals surface area contributed by atoms with Crippen LogP contribution in [0.4, 0.5) is 34.1 Å². The first-order valence-electron chi connectivity index (χ1n) is 16.0. The smallest absolute Gasteiger partial charge is 0.163 e. The molecule has 6 aromatic carbocycles. The molecule has 8 aromatic rings. The lowest BCUT2D eigenvalue weighted by molar-refractivity contribution is 1.05. The summed E-state index contributed by atoms with van der Waals surface area (Å²) in [5.41, 5.74) is 8.12. The minimum Gasteiger partial charge on any atom is -0.308 e. The zero-order valence-corrected chi connectivity index (χ0v) is 27.9. The van der Waals surface area contributed by atoms with Crippen molar-refractivity contribution in [3.05, 3.63) is 147 Å². The van der Waals surface area contributed by atoms with Crippen molar-refractivity contribution in [2.75, 3.05) is 9.80 Å². The number of aromatic nitrogens is 6. The summed E-state index contributed by atoms with van der Waals surface area (Å²) in [6.45, 7) is 0. The molecule has 0 amide bonds. The third-order valence-electron chi connectivity index (χ3n) is 8.89. The molecule has 10 rings (SSSR count). The van der Waals surface area contributed by atoms with Crippen molar-refractivity contribution in [3.8, 4) is 22.8 Å². The highest BCUT2D eigenvalue weighted by molar-refractivity contribution is 8.00. The number of anilines is 6. The molecule has 0 bridgehead atoms. The Balaban J connectivity index is 1.30. The molecule has 0 fully saturated rings. The molecular weight excluding hydrogens is 657 g/mol. The number of benzene rings is 6. The second-order valence-corrected chi connectivity index (χ2v) is 13.9. The Labute approximate surface area is 296 Å². The molecule has 0 radical (unpaired) electrons. The summed E-state index contributed by atoms with van der Waals surface area (Å²) in [5, 5.41) is 1.93. The number of fused-ring (bicyclic) bond motifs is 5. The molecule has 0 saturated heterocycles. The molecule has 0 N–H and O–H groups in total. The van der Waals surface area contributed by atoms with Gasteiger partial charge in [0.1, 0.15) is 25.3 Å². The van der Waals surface area contributed by atoms with E-state index in [1.165, 1.54) is 19.6 Å². The fourth-order valence-electron chi connectivity index (χ4n) is 6.78. The molecule has 236 valence electrons. The van der Waals surface area contributed by atoms with Gasteiger partial charge in [0, 0.05) is 42.1 Å². The molecule has 0 spiro atoms. The van der Waals surface area contributed by atoms with Crippen molar-refractivity contribution in [1.29, 1.82) is 0 Å². The van der Waals surface area contributed by atoms with Gasteiger partial charge in [0.05, 0.1) is 22.7 Å². The Morgan fingerprint density at radius 3 is 1.04 bits per heavy atom. The lowest BCUT2D eigenvalue weighted by atomic mass is 9.95. The monoisotopic (exact) mass is 680 g/mol. The highest BCUT2D eigenvalue weighted by Gasteiger charge is 2.29. The Morgan fingerprint density at radius 2 is 0.700 bits per heavy atom. The van der Waals surface area contributed by atoms with Crippen LogP contribution in [0.3, 0.4) is 0 Å². The highest BCUT2D eigenvalue weighted by atomic mass is 32.2. The first-order valence-corrected chi connectivity index (χ1v) is 17.6. The number of nitrogens with zero attached hydrogens (tertiary/aromatic N) is 8. The van der Waals surface area contributed by atoms with Gasteiger partial charge in [-0.05, 0) is 83.6 Å². The van der Waals surface area contributed by atoms with Crippen LogP contribution in [-0.2, 0) is 0 Å². The molecule has 10 heteroatoms. The molecule has 0 atom stereocenters. The average molecular weight is 681 g/mol. The predicted molar refractivity (Wildman–Crippen MR) is 199 cm³/mol. The van der Waals surface area contributed by atoms with E-state index in [1.54, 1.807) is 48.8 Å². The van der Waals surface area contributed by atoms with E-state index in [2.05, 4.69) is 161 Å². The third-order valence-corrected chi connectivity index (χ3v) is 11.1. The van der Waals surface area contributed by atoms with Gasteiger partial charge in [-0.3, -0.25) is 0 Å². The molecule has 2 aromatic heterocycles. The van der Waals surface area contributed by atoms with Gasteiger partial charge in [-0.15, -0.1) is 0 Å². The summed E-state index contributed by atoms with van der Waals surface area (Å²) in [7, 11) is 0. The van der Waals surface area contributed by atoms with Crippen LogP contribution in [-0.4, -0.2) is 29.9 Å². The Kier molecular flexibility index (Phi) is 6.81. The normalized spacial score (nSPS) is 13.0. The molecule has 50 heavy (non-hydrogen) atoms. The molecule has 2 aliphatic rings. The largest absolute Gasteiger partial charge is 0.308 e. The van der Waals surface area contributed by atoms with Gasteiger partial charge in [-0.1, -0.05) is 72.1 Å². The minimum atomic E-state index is 0.577. The van der Waals surface area contributed by atoms with Crippen LogP contribution in [0, 0.1) is 0 Å². The Hall–Kier alpha value is -6.10. The van der Waals surface area contributed by atoms with Crippen molar-refractivity contribution in [3.63, 3.8) is 0 Å². The summed E-state index contributed by atoms with van der Waals surface area (Å²) in [6, 6.07) is 42.9. The van der Waals surface area contributed by atoms with Crippen molar-refractivity contribution in [2.24, 2.45) is 0 Å². The Bertz CT molecular complexity index is 2310. The summed E-state index contributed by atoms with van der Waals surface area (Å²) in [6.07, 6.45) is 6.20. The van der Waals surface area contributed by atoms with Gasteiger partial charge in [0.15, 0.2) is 11.6 Å². The van der Waals surface area contributed by atoms with Gasteiger partial charge >= 0.3 is 0 Å². The number of para-hydroxylation sites is 4. The van der Waals surface area contributed by atoms with Gasteiger partial charge < -0.3 is 9.80 Å². The quantitative estimate of drug-likeness (QED) is 0.179. The average Bonchev–Trinajstić information content (AvgIpc) is 3.19. The zero-order chi connectivity index (χ0) is 33.0. The molecule has 8 nitrogen and oxygen atoms in total. The van der Waals surface area contributed by atoms with E-state index in [0.717, 1.165) is 56.0 Å². The summed E-state index contributed by atoms with van der Waals surface area (Å²) < 4.78 is 0. The second-order valence-electron chi connectivity index (χ2n) is 11.8. The first-order chi connectivity index (χ1) is 24.8. The van der Waals surface area contributed by atoms with Crippen molar-refractivity contribution >= 4 is 68.4 Å². The van der Waals surface area contributed by atoms with E-state index in [4.69, 9.17) is 0 Å². The molecule has 0 saturated carbocycles. The zero-order valence-electron chi connectivity index (χ0n) is 26.3.